The first-order valence-corrected chi connectivity index (χ1v) is 8.24. The highest BCUT2D eigenvalue weighted by Crippen LogP contribution is 2.24. The van der Waals surface area contributed by atoms with E-state index in [1.165, 1.54) is 24.3 Å². The second-order valence-electron chi connectivity index (χ2n) is 5.12. The van der Waals surface area contributed by atoms with Gasteiger partial charge in [0.15, 0.2) is 0 Å². The predicted molar refractivity (Wildman–Crippen MR) is 84.5 cm³/mol. The summed E-state index contributed by atoms with van der Waals surface area (Å²) >= 11 is 0. The molecule has 2 amide bonds. The summed E-state index contributed by atoms with van der Waals surface area (Å²) in [5, 5.41) is 10.4. The molecule has 118 valence electrons. The van der Waals surface area contributed by atoms with Crippen molar-refractivity contribution in [1.82, 2.24) is 0 Å². The van der Waals surface area contributed by atoms with Gasteiger partial charge in [0.1, 0.15) is 0 Å². The lowest BCUT2D eigenvalue weighted by molar-refractivity contribution is -0.115. The zero-order valence-electron chi connectivity index (χ0n) is 11.9. The Hall–Kier alpha value is -2.71. The van der Waals surface area contributed by atoms with Gasteiger partial charge in [0, 0.05) is 16.9 Å². The van der Waals surface area contributed by atoms with E-state index in [2.05, 4.69) is 10.6 Å². The molecule has 8 heteroatoms. The van der Waals surface area contributed by atoms with Crippen LogP contribution < -0.4 is 15.8 Å². The van der Waals surface area contributed by atoms with E-state index in [0.717, 1.165) is 5.56 Å². The monoisotopic (exact) mass is 331 g/mol. The van der Waals surface area contributed by atoms with Crippen molar-refractivity contribution < 1.29 is 18.0 Å². The number of carbonyl (C=O) groups is 2. The number of nitrogens with one attached hydrogen (secondary N) is 2. The zero-order chi connectivity index (χ0) is 16.6. The molecule has 0 saturated carbocycles. The molecule has 3 rings (SSSR count). The van der Waals surface area contributed by atoms with Crippen LogP contribution in [0.1, 0.15) is 15.9 Å². The van der Waals surface area contributed by atoms with E-state index in [4.69, 9.17) is 5.14 Å². The maximum Gasteiger partial charge on any atom is 0.255 e. The average molecular weight is 331 g/mol. The van der Waals surface area contributed by atoms with E-state index in [9.17, 15) is 18.0 Å². The number of nitrogens with two attached hydrogens (primary N) is 1. The molecule has 0 unspecified atom stereocenters. The number of rotatable bonds is 3. The number of carbonyl (C=O) groups excluding carboxylic acids is 2. The highest BCUT2D eigenvalue weighted by Gasteiger charge is 2.19. The van der Waals surface area contributed by atoms with Crippen LogP contribution in [0.5, 0.6) is 0 Å². The number of hydrogen-bond acceptors (Lipinski definition) is 4. The molecule has 2 aromatic rings. The maximum atomic E-state index is 12.2. The Labute approximate surface area is 132 Å². The van der Waals surface area contributed by atoms with Crippen molar-refractivity contribution in [2.24, 2.45) is 5.14 Å². The molecule has 0 fully saturated rings. The van der Waals surface area contributed by atoms with Crippen molar-refractivity contribution in [2.45, 2.75) is 11.3 Å². The SMILES string of the molecule is NS(=O)(=O)c1ccc(NC(=O)c2ccc3c(c2)CC(=O)N3)cc1. The van der Waals surface area contributed by atoms with E-state index >= 15 is 0 Å². The van der Waals surface area contributed by atoms with Gasteiger partial charge in [0.25, 0.3) is 5.91 Å². The van der Waals surface area contributed by atoms with E-state index in [1.807, 2.05) is 0 Å². The van der Waals surface area contributed by atoms with Gasteiger partial charge in [-0.15, -0.1) is 0 Å². The van der Waals surface area contributed by atoms with Crippen molar-refractivity contribution >= 4 is 33.2 Å². The van der Waals surface area contributed by atoms with E-state index in [1.54, 1.807) is 18.2 Å². The fourth-order valence-corrected chi connectivity index (χ4v) is 2.82. The summed E-state index contributed by atoms with van der Waals surface area (Å²) in [6, 6.07) is 10.5. The third-order valence-corrected chi connectivity index (χ3v) is 4.36. The molecule has 0 aliphatic carbocycles. The molecular formula is C15H13N3O4S. The zero-order valence-corrected chi connectivity index (χ0v) is 12.7. The second kappa shape index (κ2) is 5.49. The van der Waals surface area contributed by atoms with Crippen molar-refractivity contribution in [3.8, 4) is 0 Å². The van der Waals surface area contributed by atoms with Crippen molar-refractivity contribution in [3.05, 3.63) is 53.6 Å². The van der Waals surface area contributed by atoms with Gasteiger partial charge in [-0.1, -0.05) is 0 Å². The highest BCUT2D eigenvalue weighted by atomic mass is 32.2. The van der Waals surface area contributed by atoms with Gasteiger partial charge in [0.2, 0.25) is 15.9 Å². The minimum Gasteiger partial charge on any atom is -0.326 e. The van der Waals surface area contributed by atoms with Crippen LogP contribution in [-0.2, 0) is 21.2 Å². The Morgan fingerprint density at radius 3 is 2.48 bits per heavy atom. The summed E-state index contributed by atoms with van der Waals surface area (Å²) in [4.78, 5) is 23.5. The Kier molecular flexibility index (Phi) is 3.63. The molecule has 0 aromatic heterocycles. The molecule has 0 atom stereocenters. The number of hydrogen-bond donors (Lipinski definition) is 3. The number of fused-ring (bicyclic) bond motifs is 1. The lowest BCUT2D eigenvalue weighted by atomic mass is 10.1. The molecule has 23 heavy (non-hydrogen) atoms. The van der Waals surface area contributed by atoms with Crippen LogP contribution >= 0.6 is 0 Å². The lowest BCUT2D eigenvalue weighted by Crippen LogP contribution is -2.14. The van der Waals surface area contributed by atoms with Crippen LogP contribution in [0.25, 0.3) is 0 Å². The largest absolute Gasteiger partial charge is 0.326 e. The standard InChI is InChI=1S/C15H13N3O4S/c16-23(21,22)12-4-2-11(3-5-12)17-15(20)9-1-6-13-10(7-9)8-14(19)18-13/h1-7H,8H2,(H,17,20)(H,18,19)(H2,16,21,22). The number of primary sulfonamides is 1. The molecule has 0 spiro atoms. The molecule has 1 aliphatic rings. The van der Waals surface area contributed by atoms with Gasteiger partial charge in [-0.3, -0.25) is 9.59 Å². The fourth-order valence-electron chi connectivity index (χ4n) is 2.30. The molecule has 0 bridgehead atoms. The summed E-state index contributed by atoms with van der Waals surface area (Å²) in [6.45, 7) is 0. The summed E-state index contributed by atoms with van der Waals surface area (Å²) in [5.41, 5.74) is 2.34. The first kappa shape index (κ1) is 15.2. The Balaban J connectivity index is 1.77. The van der Waals surface area contributed by atoms with Crippen LogP contribution in [0.2, 0.25) is 0 Å². The number of sulfonamides is 1. The van der Waals surface area contributed by atoms with Crippen LogP contribution in [0, 0.1) is 0 Å². The number of benzene rings is 2. The van der Waals surface area contributed by atoms with Gasteiger partial charge in [0.05, 0.1) is 11.3 Å². The van der Waals surface area contributed by atoms with Crippen molar-refractivity contribution in [3.63, 3.8) is 0 Å². The number of anilines is 2. The van der Waals surface area contributed by atoms with Gasteiger partial charge in [-0.2, -0.15) is 0 Å². The van der Waals surface area contributed by atoms with Crippen LogP contribution in [0.15, 0.2) is 47.4 Å². The third kappa shape index (κ3) is 3.22. The average Bonchev–Trinajstić information content (AvgIpc) is 2.85. The quantitative estimate of drug-likeness (QED) is 0.780. The molecule has 1 aliphatic heterocycles. The predicted octanol–water partition coefficient (Wildman–Crippen LogP) is 1.08. The maximum absolute atomic E-state index is 12.2. The van der Waals surface area contributed by atoms with E-state index < -0.39 is 10.0 Å². The fraction of sp³-hybridized carbons (Fsp3) is 0.0667. The number of amides is 2. The summed E-state index contributed by atoms with van der Waals surface area (Å²) in [7, 11) is -3.76. The minimum absolute atomic E-state index is 0.0300. The van der Waals surface area contributed by atoms with Gasteiger partial charge < -0.3 is 10.6 Å². The molecule has 4 N–H and O–H groups in total. The Bertz CT molecular complexity index is 905. The van der Waals surface area contributed by atoms with Crippen LogP contribution in [0.4, 0.5) is 11.4 Å². The smallest absolute Gasteiger partial charge is 0.255 e. The second-order valence-corrected chi connectivity index (χ2v) is 6.68. The summed E-state index contributed by atoms with van der Waals surface area (Å²) in [5.74, 6) is -0.452. The van der Waals surface area contributed by atoms with Gasteiger partial charge >= 0.3 is 0 Å². The molecule has 0 radical (unpaired) electrons. The van der Waals surface area contributed by atoms with E-state index in [-0.39, 0.29) is 23.1 Å². The van der Waals surface area contributed by atoms with E-state index in [0.29, 0.717) is 16.9 Å². The molecule has 0 saturated heterocycles. The van der Waals surface area contributed by atoms with Gasteiger partial charge in [-0.25, -0.2) is 13.6 Å². The third-order valence-electron chi connectivity index (χ3n) is 3.43. The van der Waals surface area contributed by atoms with Crippen LogP contribution in [-0.4, -0.2) is 20.2 Å². The molecule has 7 nitrogen and oxygen atoms in total. The Morgan fingerprint density at radius 1 is 1.13 bits per heavy atom. The van der Waals surface area contributed by atoms with Crippen LogP contribution in [0.3, 0.4) is 0 Å². The van der Waals surface area contributed by atoms with Gasteiger partial charge in [-0.05, 0) is 48.0 Å². The first-order chi connectivity index (χ1) is 10.8. The molecule has 2 aromatic carbocycles. The minimum atomic E-state index is -3.76. The van der Waals surface area contributed by atoms with Crippen molar-refractivity contribution in [1.29, 1.82) is 0 Å². The highest BCUT2D eigenvalue weighted by molar-refractivity contribution is 7.89. The first-order valence-electron chi connectivity index (χ1n) is 6.70. The van der Waals surface area contributed by atoms with Crippen molar-refractivity contribution in [2.75, 3.05) is 10.6 Å². The lowest BCUT2D eigenvalue weighted by Gasteiger charge is -2.07. The summed E-state index contributed by atoms with van der Waals surface area (Å²) < 4.78 is 22.4. The summed E-state index contributed by atoms with van der Waals surface area (Å²) in [6.07, 6.45) is 0.250. The topological polar surface area (TPSA) is 118 Å². The molecular weight excluding hydrogens is 318 g/mol. The normalized spacial score (nSPS) is 13.3. The molecule has 1 heterocycles. The Morgan fingerprint density at radius 2 is 1.83 bits per heavy atom.